The average Bonchev–Trinajstić information content (AvgIpc) is 3.28. The van der Waals surface area contributed by atoms with E-state index in [1.54, 1.807) is 13.0 Å². The maximum atomic E-state index is 13.4. The van der Waals surface area contributed by atoms with E-state index < -0.39 is 23.4 Å². The molecule has 0 aliphatic carbocycles. The summed E-state index contributed by atoms with van der Waals surface area (Å²) in [5.74, 6) is -2.81. The van der Waals surface area contributed by atoms with E-state index in [1.165, 1.54) is 17.0 Å². The number of benzene rings is 1. The van der Waals surface area contributed by atoms with Crippen LogP contribution < -0.4 is 5.56 Å². The van der Waals surface area contributed by atoms with E-state index >= 15 is 0 Å². The van der Waals surface area contributed by atoms with Crippen LogP contribution in [0.15, 0.2) is 29.1 Å². The number of ether oxygens (including phenoxy) is 2. The van der Waals surface area contributed by atoms with Crippen LogP contribution in [0.1, 0.15) is 49.6 Å². The molecule has 0 bridgehead atoms. The normalized spacial score (nSPS) is 13.2. The van der Waals surface area contributed by atoms with Gasteiger partial charge in [0.25, 0.3) is 11.5 Å². The molecular weight excluding hydrogens is 392 g/mol. The van der Waals surface area contributed by atoms with Crippen LogP contribution in [0, 0.1) is 6.92 Å². The Morgan fingerprint density at radius 1 is 1.00 bits per heavy atom. The third-order valence-corrected chi connectivity index (χ3v) is 4.98. The van der Waals surface area contributed by atoms with Crippen molar-refractivity contribution in [2.45, 2.75) is 19.8 Å². The van der Waals surface area contributed by atoms with Crippen LogP contribution in [0.25, 0.3) is 5.69 Å². The Kier molecular flexibility index (Phi) is 5.91. The van der Waals surface area contributed by atoms with Crippen molar-refractivity contribution in [3.63, 3.8) is 0 Å². The topological polar surface area (TPSA) is 115 Å². The molecule has 1 N–H and O–H groups in total. The minimum atomic E-state index is -0.973. The zero-order valence-electron chi connectivity index (χ0n) is 16.9. The van der Waals surface area contributed by atoms with Gasteiger partial charge in [-0.1, -0.05) is 6.07 Å². The number of aromatic hydroxyl groups is 1. The summed E-state index contributed by atoms with van der Waals surface area (Å²) < 4.78 is 10.5. The largest absolute Gasteiger partial charge is 0.506 e. The predicted octanol–water partition coefficient (Wildman–Crippen LogP) is 1.66. The van der Waals surface area contributed by atoms with Crippen molar-refractivity contribution in [2.75, 3.05) is 27.3 Å². The van der Waals surface area contributed by atoms with Gasteiger partial charge in [0, 0.05) is 19.2 Å². The number of nitrogens with zero attached hydrogens (tertiary/aromatic N) is 2. The number of aromatic nitrogens is 1. The van der Waals surface area contributed by atoms with Gasteiger partial charge in [-0.2, -0.15) is 0 Å². The maximum absolute atomic E-state index is 13.4. The Labute approximate surface area is 172 Å². The summed E-state index contributed by atoms with van der Waals surface area (Å²) in [5.41, 5.74) is -1.15. The summed E-state index contributed by atoms with van der Waals surface area (Å²) in [7, 11) is 2.20. The van der Waals surface area contributed by atoms with Crippen molar-refractivity contribution in [3.05, 3.63) is 57.0 Å². The molecule has 0 unspecified atom stereocenters. The number of carbonyl (C=O) groups excluding carboxylic acids is 3. The predicted molar refractivity (Wildman–Crippen MR) is 106 cm³/mol. The number of phenolic OH excluding ortho intramolecular Hbond substituents is 1. The van der Waals surface area contributed by atoms with Crippen molar-refractivity contribution in [3.8, 4) is 11.4 Å². The fourth-order valence-electron chi connectivity index (χ4n) is 3.51. The molecule has 1 aliphatic rings. The number of amides is 1. The molecule has 30 heavy (non-hydrogen) atoms. The number of aryl methyl sites for hydroxylation is 1. The number of hydrogen-bond donors (Lipinski definition) is 1. The molecule has 9 heteroatoms. The van der Waals surface area contributed by atoms with Gasteiger partial charge in [0.1, 0.15) is 17.0 Å². The fraction of sp³-hybridized carbons (Fsp3) is 0.333. The molecule has 0 atom stereocenters. The SMILES string of the molecule is COC(=O)c1cc(=O)n(-c2cc(C)ccc2O)c(C(=O)N2CCCC2)c1C(=O)OC. The highest BCUT2D eigenvalue weighted by Crippen LogP contribution is 2.27. The number of phenols is 1. The second-order valence-corrected chi connectivity index (χ2v) is 6.93. The Morgan fingerprint density at radius 2 is 1.63 bits per heavy atom. The van der Waals surface area contributed by atoms with Gasteiger partial charge in [-0.25, -0.2) is 9.59 Å². The first-order valence-corrected chi connectivity index (χ1v) is 9.36. The number of rotatable bonds is 4. The molecule has 1 aromatic heterocycles. The van der Waals surface area contributed by atoms with E-state index in [4.69, 9.17) is 9.47 Å². The highest BCUT2D eigenvalue weighted by Gasteiger charge is 2.34. The van der Waals surface area contributed by atoms with Gasteiger partial charge in [-0.05, 0) is 37.5 Å². The first-order chi connectivity index (χ1) is 14.3. The van der Waals surface area contributed by atoms with E-state index in [2.05, 4.69) is 0 Å². The van der Waals surface area contributed by atoms with E-state index in [0.29, 0.717) is 18.7 Å². The van der Waals surface area contributed by atoms with Crippen LogP contribution in [0.3, 0.4) is 0 Å². The molecular formula is C21H22N2O7. The lowest BCUT2D eigenvalue weighted by Gasteiger charge is -2.22. The zero-order chi connectivity index (χ0) is 22.0. The summed E-state index contributed by atoms with van der Waals surface area (Å²) in [4.78, 5) is 52.9. The van der Waals surface area contributed by atoms with E-state index in [1.807, 2.05) is 0 Å². The quantitative estimate of drug-likeness (QED) is 0.757. The Bertz CT molecular complexity index is 1080. The standard InChI is InChI=1S/C21H22N2O7/c1-12-6-7-15(24)14(10-12)23-16(25)11-13(20(27)29-2)17(21(28)30-3)18(23)19(26)22-8-4-5-9-22/h6-7,10-11,24H,4-5,8-9H2,1-3H3. The number of likely N-dealkylation sites (tertiary alicyclic amines) is 1. The number of carbonyl (C=O) groups is 3. The fourth-order valence-corrected chi connectivity index (χ4v) is 3.51. The molecule has 0 radical (unpaired) electrons. The van der Waals surface area contributed by atoms with Crippen LogP contribution in [0.2, 0.25) is 0 Å². The van der Waals surface area contributed by atoms with Gasteiger partial charge >= 0.3 is 11.9 Å². The number of methoxy groups -OCH3 is 2. The molecule has 2 aromatic rings. The summed E-state index contributed by atoms with van der Waals surface area (Å²) in [6.45, 7) is 2.63. The second kappa shape index (κ2) is 8.40. The molecule has 0 saturated carbocycles. The molecule has 1 aromatic carbocycles. The van der Waals surface area contributed by atoms with Gasteiger partial charge in [-0.15, -0.1) is 0 Å². The van der Waals surface area contributed by atoms with Crippen molar-refractivity contribution >= 4 is 17.8 Å². The first-order valence-electron chi connectivity index (χ1n) is 9.36. The molecule has 3 rings (SSSR count). The minimum absolute atomic E-state index is 0.0177. The van der Waals surface area contributed by atoms with Gasteiger partial charge in [0.15, 0.2) is 0 Å². The summed E-state index contributed by atoms with van der Waals surface area (Å²) in [5, 5.41) is 10.4. The van der Waals surface area contributed by atoms with Crippen molar-refractivity contribution < 1.29 is 29.0 Å². The summed E-state index contributed by atoms with van der Waals surface area (Å²) in [6, 6.07) is 5.43. The second-order valence-electron chi connectivity index (χ2n) is 6.93. The van der Waals surface area contributed by atoms with E-state index in [-0.39, 0.29) is 28.3 Å². The number of hydrogen-bond acceptors (Lipinski definition) is 7. The number of esters is 2. The average molecular weight is 414 g/mol. The van der Waals surface area contributed by atoms with Crippen LogP contribution in [0.5, 0.6) is 5.75 Å². The van der Waals surface area contributed by atoms with E-state index in [9.17, 15) is 24.3 Å². The molecule has 158 valence electrons. The lowest BCUT2D eigenvalue weighted by molar-refractivity contribution is 0.0549. The van der Waals surface area contributed by atoms with Gasteiger partial charge in [0.05, 0.1) is 25.5 Å². The Hall–Kier alpha value is -3.62. The number of pyridine rings is 1. The summed E-state index contributed by atoms with van der Waals surface area (Å²) >= 11 is 0. The summed E-state index contributed by atoms with van der Waals surface area (Å²) in [6.07, 6.45) is 1.55. The lowest BCUT2D eigenvalue weighted by atomic mass is 10.0. The van der Waals surface area contributed by atoms with Crippen molar-refractivity contribution in [1.29, 1.82) is 0 Å². The smallest absolute Gasteiger partial charge is 0.341 e. The molecule has 1 aliphatic heterocycles. The maximum Gasteiger partial charge on any atom is 0.341 e. The molecule has 0 spiro atoms. The van der Waals surface area contributed by atoms with Crippen molar-refractivity contribution in [2.24, 2.45) is 0 Å². The van der Waals surface area contributed by atoms with Crippen molar-refractivity contribution in [1.82, 2.24) is 9.47 Å². The Balaban J connectivity index is 2.45. The minimum Gasteiger partial charge on any atom is -0.506 e. The van der Waals surface area contributed by atoms with Gasteiger partial charge in [-0.3, -0.25) is 14.2 Å². The van der Waals surface area contributed by atoms with Crippen LogP contribution in [-0.2, 0) is 9.47 Å². The van der Waals surface area contributed by atoms with Crippen LogP contribution in [0.4, 0.5) is 0 Å². The molecule has 1 saturated heterocycles. The molecule has 1 amide bonds. The van der Waals surface area contributed by atoms with Gasteiger partial charge < -0.3 is 19.5 Å². The highest BCUT2D eigenvalue weighted by molar-refractivity contribution is 6.11. The monoisotopic (exact) mass is 414 g/mol. The van der Waals surface area contributed by atoms with E-state index in [0.717, 1.165) is 37.7 Å². The Morgan fingerprint density at radius 3 is 2.23 bits per heavy atom. The third-order valence-electron chi connectivity index (χ3n) is 4.98. The first kappa shape index (κ1) is 21.1. The third kappa shape index (κ3) is 3.66. The van der Waals surface area contributed by atoms with Gasteiger partial charge in [0.2, 0.25) is 0 Å². The molecule has 9 nitrogen and oxygen atoms in total. The molecule has 1 fully saturated rings. The molecule has 2 heterocycles. The van der Waals surface area contributed by atoms with Crippen LogP contribution in [-0.4, -0.2) is 59.7 Å². The van der Waals surface area contributed by atoms with Crippen LogP contribution >= 0.6 is 0 Å². The highest BCUT2D eigenvalue weighted by atomic mass is 16.5. The zero-order valence-corrected chi connectivity index (χ0v) is 16.9. The lowest BCUT2D eigenvalue weighted by Crippen LogP contribution is -2.37.